The van der Waals surface area contributed by atoms with Crippen molar-refractivity contribution in [1.82, 2.24) is 0 Å². The molecule has 0 aliphatic carbocycles. The highest BCUT2D eigenvalue weighted by Crippen LogP contribution is 2.35. The second kappa shape index (κ2) is 3.53. The van der Waals surface area contributed by atoms with E-state index in [1.165, 1.54) is 0 Å². The summed E-state index contributed by atoms with van der Waals surface area (Å²) in [5, 5.41) is 0. The van der Waals surface area contributed by atoms with Crippen molar-refractivity contribution in [3.63, 3.8) is 0 Å². The maximum atomic E-state index is 10.4. The van der Waals surface area contributed by atoms with Crippen molar-refractivity contribution >= 4 is 70.0 Å². The molecule has 0 fully saturated rings. The minimum absolute atomic E-state index is 0.502. The van der Waals surface area contributed by atoms with Gasteiger partial charge in [-0.05, 0) is 47.8 Å². The van der Waals surface area contributed by atoms with Crippen LogP contribution in [0, 0.1) is 0 Å². The van der Waals surface area contributed by atoms with Gasteiger partial charge in [-0.2, -0.15) is 0 Å². The van der Waals surface area contributed by atoms with Gasteiger partial charge in [0.25, 0.3) is 0 Å². The van der Waals surface area contributed by atoms with Gasteiger partial charge < -0.3 is 3.83 Å². The van der Waals surface area contributed by atoms with Crippen molar-refractivity contribution in [2.24, 2.45) is 0 Å². The van der Waals surface area contributed by atoms with Crippen LogP contribution in [0.2, 0.25) is 0 Å². The Morgan fingerprint density at radius 3 is 1.75 bits per heavy atom. The lowest BCUT2D eigenvalue weighted by molar-refractivity contribution is -0.130. The molecule has 0 saturated carbocycles. The first-order chi connectivity index (χ1) is 3.48. The van der Waals surface area contributed by atoms with Crippen LogP contribution in [0.4, 0.5) is 0 Å². The molecule has 0 aliphatic rings. The van der Waals surface area contributed by atoms with Gasteiger partial charge in [-0.1, -0.05) is 0 Å². The van der Waals surface area contributed by atoms with Crippen molar-refractivity contribution in [3.8, 4) is 0 Å². The molecule has 0 aromatic carbocycles. The zero-order valence-corrected chi connectivity index (χ0v) is 9.67. The average Bonchev–Trinajstić information content (AvgIpc) is 1.62. The molecular formula is C2Br4O2. The van der Waals surface area contributed by atoms with E-state index in [0.717, 1.165) is 0 Å². The molecule has 0 radical (unpaired) electrons. The van der Waals surface area contributed by atoms with E-state index in [1.807, 2.05) is 0 Å². The first-order valence-corrected chi connectivity index (χ1v) is 4.41. The van der Waals surface area contributed by atoms with E-state index < -0.39 is 8.11 Å². The van der Waals surface area contributed by atoms with E-state index in [9.17, 15) is 4.79 Å². The highest BCUT2D eigenvalue weighted by atomic mass is 80.0. The van der Waals surface area contributed by atoms with E-state index >= 15 is 0 Å². The predicted molar refractivity (Wildman–Crippen MR) is 44.5 cm³/mol. The Balaban J connectivity index is 3.82. The third-order valence-corrected chi connectivity index (χ3v) is 1.57. The molecule has 0 atom stereocenters. The number of carbonyl (C=O) groups excluding carboxylic acids is 1. The van der Waals surface area contributed by atoms with Gasteiger partial charge in [0.15, 0.2) is 16.3 Å². The van der Waals surface area contributed by atoms with Crippen LogP contribution in [-0.2, 0) is 8.62 Å². The summed E-state index contributed by atoms with van der Waals surface area (Å²) in [6, 6.07) is 0. The molecular weight excluding hydrogens is 376 g/mol. The summed E-state index contributed by atoms with van der Waals surface area (Å²) < 4.78 is 3.19. The largest absolute Gasteiger partial charge is 0.381 e. The highest BCUT2D eigenvalue weighted by Gasteiger charge is 2.30. The molecule has 0 spiro atoms. The van der Waals surface area contributed by atoms with Crippen LogP contribution < -0.4 is 0 Å². The zero-order chi connectivity index (χ0) is 6.78. The summed E-state index contributed by atoms with van der Waals surface area (Å²) in [7, 11) is 0. The monoisotopic (exact) mass is 372 g/mol. The smallest absolute Gasteiger partial charge is 0.356 e. The van der Waals surface area contributed by atoms with Crippen LogP contribution in [0.25, 0.3) is 0 Å². The topological polar surface area (TPSA) is 26.3 Å². The van der Waals surface area contributed by atoms with Crippen molar-refractivity contribution < 1.29 is 8.62 Å². The number of alkyl halides is 3. The second-order valence-corrected chi connectivity index (χ2v) is 7.95. The van der Waals surface area contributed by atoms with Gasteiger partial charge in [-0.15, -0.1) is 0 Å². The molecule has 0 aromatic heterocycles. The molecule has 0 rings (SSSR count). The zero-order valence-electron chi connectivity index (χ0n) is 3.33. The molecule has 0 aliphatic heterocycles. The van der Waals surface area contributed by atoms with Gasteiger partial charge in [0.1, 0.15) is 0 Å². The summed E-state index contributed by atoms with van der Waals surface area (Å²) in [5.74, 6) is -0.502. The van der Waals surface area contributed by atoms with Gasteiger partial charge >= 0.3 is 5.97 Å². The lowest BCUT2D eigenvalue weighted by Crippen LogP contribution is -2.15. The van der Waals surface area contributed by atoms with Gasteiger partial charge in [0, 0.05) is 0 Å². The summed E-state index contributed by atoms with van der Waals surface area (Å²) >= 11 is 11.3. The lowest BCUT2D eigenvalue weighted by Gasteiger charge is -2.04. The van der Waals surface area contributed by atoms with Gasteiger partial charge in [-0.3, -0.25) is 0 Å². The molecule has 6 heteroatoms. The quantitative estimate of drug-likeness (QED) is 0.609. The van der Waals surface area contributed by atoms with Crippen LogP contribution in [0.15, 0.2) is 0 Å². The fraction of sp³-hybridized carbons (Fsp3) is 0.500. The molecule has 48 valence electrons. The predicted octanol–water partition coefficient (Wildman–Crippen LogP) is 2.68. The molecule has 0 aromatic rings. The van der Waals surface area contributed by atoms with Crippen LogP contribution >= 0.6 is 64.0 Å². The Bertz CT molecular complexity index is 94.7. The fourth-order valence-corrected chi connectivity index (χ4v) is 1.18. The van der Waals surface area contributed by atoms with Gasteiger partial charge in [0.2, 0.25) is 2.14 Å². The third kappa shape index (κ3) is 3.42. The molecule has 8 heavy (non-hydrogen) atoms. The van der Waals surface area contributed by atoms with Crippen molar-refractivity contribution in [2.45, 2.75) is 2.14 Å². The molecule has 0 bridgehead atoms. The summed E-state index contributed by atoms with van der Waals surface area (Å²) in [5.41, 5.74) is 0. The summed E-state index contributed by atoms with van der Waals surface area (Å²) in [4.78, 5) is 10.4. The Morgan fingerprint density at radius 1 is 1.38 bits per heavy atom. The Morgan fingerprint density at radius 2 is 1.75 bits per heavy atom. The first kappa shape index (κ1) is 9.39. The van der Waals surface area contributed by atoms with Crippen molar-refractivity contribution in [3.05, 3.63) is 0 Å². The summed E-state index contributed by atoms with van der Waals surface area (Å²) in [6.45, 7) is 0. The van der Waals surface area contributed by atoms with Crippen molar-refractivity contribution in [1.29, 1.82) is 0 Å². The van der Waals surface area contributed by atoms with Crippen molar-refractivity contribution in [2.75, 3.05) is 0 Å². The fourth-order valence-electron chi connectivity index (χ4n) is 0.0437. The Hall–Kier alpha value is 1.39. The normalized spacial score (nSPS) is 11.0. The Labute approximate surface area is 80.2 Å². The van der Waals surface area contributed by atoms with E-state index in [1.54, 1.807) is 0 Å². The summed E-state index contributed by atoms with van der Waals surface area (Å²) in [6.07, 6.45) is 0. The number of rotatable bonds is 0. The van der Waals surface area contributed by atoms with Crippen LogP contribution in [-0.4, -0.2) is 8.11 Å². The van der Waals surface area contributed by atoms with Crippen LogP contribution in [0.5, 0.6) is 0 Å². The minimum atomic E-state index is -0.962. The second-order valence-electron chi connectivity index (χ2n) is 0.862. The lowest BCUT2D eigenvalue weighted by atomic mass is 10.8. The van der Waals surface area contributed by atoms with Crippen LogP contribution in [0.1, 0.15) is 0 Å². The SMILES string of the molecule is O=C(OBr)C(Br)(Br)Br. The van der Waals surface area contributed by atoms with Gasteiger partial charge in [0.05, 0.1) is 0 Å². The first-order valence-electron chi connectivity index (χ1n) is 1.38. The van der Waals surface area contributed by atoms with E-state index in [2.05, 4.69) is 67.9 Å². The minimum Gasteiger partial charge on any atom is -0.381 e. The maximum absolute atomic E-state index is 10.4. The number of hydrogen-bond acceptors (Lipinski definition) is 2. The molecule has 0 unspecified atom stereocenters. The highest BCUT2D eigenvalue weighted by molar-refractivity contribution is 9.40. The maximum Gasteiger partial charge on any atom is 0.356 e. The third-order valence-electron chi connectivity index (χ3n) is 0.302. The molecule has 2 nitrogen and oxygen atoms in total. The van der Waals surface area contributed by atoms with E-state index in [-0.39, 0.29) is 0 Å². The van der Waals surface area contributed by atoms with Gasteiger partial charge in [-0.25, -0.2) is 4.79 Å². The van der Waals surface area contributed by atoms with E-state index in [4.69, 9.17) is 0 Å². The number of carbonyl (C=O) groups is 1. The molecule has 0 heterocycles. The number of hydrogen-bond donors (Lipinski definition) is 0. The average molecular weight is 376 g/mol. The van der Waals surface area contributed by atoms with Crippen LogP contribution in [0.3, 0.4) is 0 Å². The Kier molecular flexibility index (Phi) is 4.15. The molecule has 0 saturated heterocycles. The van der Waals surface area contributed by atoms with E-state index in [0.29, 0.717) is 0 Å². The standard InChI is InChI=1S/C2Br4O2/c3-2(4,5)1(7)8-6. The molecule has 0 N–H and O–H groups in total. The molecule has 0 amide bonds. The number of halogens is 4.